The van der Waals surface area contributed by atoms with Crippen molar-refractivity contribution in [3.05, 3.63) is 48.2 Å². The molecule has 0 saturated carbocycles. The maximum absolute atomic E-state index is 11.7. The van der Waals surface area contributed by atoms with Crippen molar-refractivity contribution in [2.75, 3.05) is 18.8 Å². The molecule has 1 unspecified atom stereocenters. The minimum Gasteiger partial charge on any atom is -0.429 e. The molecular weight excluding hydrogens is 302 g/mol. The topological polar surface area (TPSA) is 59.8 Å². The summed E-state index contributed by atoms with van der Waals surface area (Å²) in [4.78, 5) is 2.09. The van der Waals surface area contributed by atoms with Crippen molar-refractivity contribution in [2.45, 2.75) is 18.7 Å². The molecule has 5 nitrogen and oxygen atoms in total. The van der Waals surface area contributed by atoms with Crippen LogP contribution in [-0.4, -0.2) is 37.4 Å². The SMILES string of the molecule is CC1CN(Cc2ccc(Oc3ccccc3)o2)CCS1(=O)=O. The van der Waals surface area contributed by atoms with Gasteiger partial charge in [0, 0.05) is 19.2 Å². The molecule has 0 radical (unpaired) electrons. The molecule has 1 aliphatic heterocycles. The van der Waals surface area contributed by atoms with E-state index >= 15 is 0 Å². The summed E-state index contributed by atoms with van der Waals surface area (Å²) in [7, 11) is -2.92. The second kappa shape index (κ2) is 6.14. The summed E-state index contributed by atoms with van der Waals surface area (Å²) in [5, 5.41) is -0.323. The van der Waals surface area contributed by atoms with Crippen LogP contribution < -0.4 is 4.74 Å². The zero-order valence-corrected chi connectivity index (χ0v) is 13.3. The quantitative estimate of drug-likeness (QED) is 0.866. The number of para-hydroxylation sites is 1. The lowest BCUT2D eigenvalue weighted by Crippen LogP contribution is -2.44. The number of sulfone groups is 1. The number of benzene rings is 1. The van der Waals surface area contributed by atoms with Crippen LogP contribution in [0.5, 0.6) is 11.7 Å². The molecule has 118 valence electrons. The molecule has 22 heavy (non-hydrogen) atoms. The Bertz CT molecular complexity index is 724. The van der Waals surface area contributed by atoms with Gasteiger partial charge in [-0.05, 0) is 25.1 Å². The molecule has 0 amide bonds. The highest BCUT2D eigenvalue weighted by atomic mass is 32.2. The van der Waals surface area contributed by atoms with E-state index in [-0.39, 0.29) is 11.0 Å². The van der Waals surface area contributed by atoms with Gasteiger partial charge in [-0.3, -0.25) is 4.90 Å². The Labute approximate surface area is 130 Å². The van der Waals surface area contributed by atoms with Gasteiger partial charge >= 0.3 is 0 Å². The molecular formula is C16H19NO4S. The number of rotatable bonds is 4. The van der Waals surface area contributed by atoms with Gasteiger partial charge in [0.25, 0.3) is 5.95 Å². The number of hydrogen-bond donors (Lipinski definition) is 0. The van der Waals surface area contributed by atoms with Gasteiger partial charge in [-0.1, -0.05) is 18.2 Å². The minimum atomic E-state index is -2.92. The third-order valence-electron chi connectivity index (χ3n) is 3.80. The third-order valence-corrected chi connectivity index (χ3v) is 5.93. The Kier molecular flexibility index (Phi) is 4.22. The van der Waals surface area contributed by atoms with E-state index in [1.807, 2.05) is 36.4 Å². The molecule has 3 rings (SSSR count). The van der Waals surface area contributed by atoms with Crippen LogP contribution in [0.25, 0.3) is 0 Å². The fourth-order valence-corrected chi connectivity index (χ4v) is 3.85. The maximum atomic E-state index is 11.7. The molecule has 0 aliphatic carbocycles. The van der Waals surface area contributed by atoms with Crippen molar-refractivity contribution < 1.29 is 17.6 Å². The molecule has 2 aromatic rings. The van der Waals surface area contributed by atoms with Crippen molar-refractivity contribution in [3.8, 4) is 11.7 Å². The summed E-state index contributed by atoms with van der Waals surface area (Å²) in [6.45, 7) is 3.44. The van der Waals surface area contributed by atoms with Crippen molar-refractivity contribution in [2.24, 2.45) is 0 Å². The Balaban J connectivity index is 1.60. The number of hydrogen-bond acceptors (Lipinski definition) is 5. The summed E-state index contributed by atoms with van der Waals surface area (Å²) >= 11 is 0. The Morgan fingerprint density at radius 3 is 2.73 bits per heavy atom. The Morgan fingerprint density at radius 1 is 1.23 bits per heavy atom. The minimum absolute atomic E-state index is 0.211. The normalized spacial score (nSPS) is 21.6. The van der Waals surface area contributed by atoms with Crippen molar-refractivity contribution in [3.63, 3.8) is 0 Å². The molecule has 1 aromatic carbocycles. The van der Waals surface area contributed by atoms with E-state index in [0.717, 1.165) is 11.5 Å². The van der Waals surface area contributed by atoms with Gasteiger partial charge in [-0.25, -0.2) is 8.42 Å². The summed E-state index contributed by atoms with van der Waals surface area (Å²) in [6.07, 6.45) is 0. The number of ether oxygens (including phenoxy) is 1. The zero-order valence-electron chi connectivity index (χ0n) is 12.4. The summed E-state index contributed by atoms with van der Waals surface area (Å²) < 4.78 is 34.7. The van der Waals surface area contributed by atoms with Crippen LogP contribution >= 0.6 is 0 Å². The van der Waals surface area contributed by atoms with Gasteiger partial charge in [0.1, 0.15) is 11.5 Å². The monoisotopic (exact) mass is 321 g/mol. The first kappa shape index (κ1) is 15.1. The fraction of sp³-hybridized carbons (Fsp3) is 0.375. The van der Waals surface area contributed by atoms with E-state index in [4.69, 9.17) is 9.15 Å². The molecule has 1 fully saturated rings. The van der Waals surface area contributed by atoms with E-state index < -0.39 is 9.84 Å². The molecule has 1 aromatic heterocycles. The first-order valence-electron chi connectivity index (χ1n) is 7.28. The lowest BCUT2D eigenvalue weighted by molar-refractivity contribution is 0.236. The van der Waals surface area contributed by atoms with Gasteiger partial charge in [-0.2, -0.15) is 0 Å². The second-order valence-corrected chi connectivity index (χ2v) is 8.09. The maximum Gasteiger partial charge on any atom is 0.290 e. The Hall–Kier alpha value is -1.79. The van der Waals surface area contributed by atoms with Crippen LogP contribution in [0.1, 0.15) is 12.7 Å². The van der Waals surface area contributed by atoms with Crippen LogP contribution in [0.2, 0.25) is 0 Å². The van der Waals surface area contributed by atoms with Crippen LogP contribution in [0.15, 0.2) is 46.9 Å². The average molecular weight is 321 g/mol. The summed E-state index contributed by atoms with van der Waals surface area (Å²) in [6, 6.07) is 13.1. The molecule has 1 aliphatic rings. The van der Waals surface area contributed by atoms with E-state index in [1.54, 1.807) is 13.0 Å². The molecule has 2 heterocycles. The van der Waals surface area contributed by atoms with Crippen molar-refractivity contribution in [1.29, 1.82) is 0 Å². The molecule has 1 saturated heterocycles. The molecule has 0 N–H and O–H groups in total. The van der Waals surface area contributed by atoms with Crippen molar-refractivity contribution in [1.82, 2.24) is 4.90 Å². The first-order chi connectivity index (χ1) is 10.5. The smallest absolute Gasteiger partial charge is 0.290 e. The fourth-order valence-electron chi connectivity index (χ4n) is 2.49. The first-order valence-corrected chi connectivity index (χ1v) is 9.00. The predicted octanol–water partition coefficient (Wildman–Crippen LogP) is 2.69. The van der Waals surface area contributed by atoms with Crippen LogP contribution in [0.4, 0.5) is 0 Å². The third kappa shape index (κ3) is 3.51. The number of nitrogens with zero attached hydrogens (tertiary/aromatic N) is 1. The van der Waals surface area contributed by atoms with Crippen LogP contribution in [0.3, 0.4) is 0 Å². The highest BCUT2D eigenvalue weighted by Crippen LogP contribution is 2.24. The van der Waals surface area contributed by atoms with Gasteiger partial charge in [-0.15, -0.1) is 0 Å². The van der Waals surface area contributed by atoms with E-state index in [1.165, 1.54) is 0 Å². The van der Waals surface area contributed by atoms with Crippen molar-refractivity contribution >= 4 is 9.84 Å². The highest BCUT2D eigenvalue weighted by Gasteiger charge is 2.29. The second-order valence-electron chi connectivity index (χ2n) is 5.55. The summed E-state index contributed by atoms with van der Waals surface area (Å²) in [5.41, 5.74) is 0. The van der Waals surface area contributed by atoms with Gasteiger partial charge in [0.05, 0.1) is 17.5 Å². The largest absolute Gasteiger partial charge is 0.429 e. The van der Waals surface area contributed by atoms with Gasteiger partial charge < -0.3 is 9.15 Å². The van der Waals surface area contributed by atoms with E-state index in [9.17, 15) is 8.42 Å². The van der Waals surface area contributed by atoms with E-state index in [2.05, 4.69) is 4.90 Å². The zero-order chi connectivity index (χ0) is 15.6. The molecule has 0 bridgehead atoms. The van der Waals surface area contributed by atoms with Gasteiger partial charge in [0.15, 0.2) is 9.84 Å². The molecule has 1 atom stereocenters. The average Bonchev–Trinajstić information content (AvgIpc) is 2.92. The summed E-state index contributed by atoms with van der Waals surface area (Å²) in [5.74, 6) is 2.15. The number of furan rings is 1. The molecule has 6 heteroatoms. The lowest BCUT2D eigenvalue weighted by atomic mass is 10.3. The van der Waals surface area contributed by atoms with Gasteiger partial charge in [0.2, 0.25) is 0 Å². The molecule has 0 spiro atoms. The van der Waals surface area contributed by atoms with Crippen LogP contribution in [0, 0.1) is 0 Å². The predicted molar refractivity (Wildman–Crippen MR) is 83.7 cm³/mol. The Morgan fingerprint density at radius 2 is 2.00 bits per heavy atom. The standard InChI is InChI=1S/C16H19NO4S/c1-13-11-17(9-10-22(13,18)19)12-15-7-8-16(21-15)20-14-5-3-2-4-6-14/h2-8,13H,9-12H2,1H3. The van der Waals surface area contributed by atoms with Crippen LogP contribution in [-0.2, 0) is 16.4 Å². The lowest BCUT2D eigenvalue weighted by Gasteiger charge is -2.29. The highest BCUT2D eigenvalue weighted by molar-refractivity contribution is 7.92. The van der Waals surface area contributed by atoms with E-state index in [0.29, 0.717) is 25.6 Å².